The van der Waals surface area contributed by atoms with Gasteiger partial charge < -0.3 is 15.0 Å². The van der Waals surface area contributed by atoms with Gasteiger partial charge in [0.25, 0.3) is 5.91 Å². The van der Waals surface area contributed by atoms with Crippen LogP contribution in [0.1, 0.15) is 34.3 Å². The first-order chi connectivity index (χ1) is 13.0. The standard InChI is InChI=1S/C21H31N3O3/c1-16-12-17(2)14-19(13-16)21(26)24-6-3-4-18(15-24)20(25)22-5-7-23-8-10-27-11-9-23/h12-14,18H,3-11,15H2,1-2H3,(H,22,25)/t18-/m0/s1. The van der Waals surface area contributed by atoms with Crippen LogP contribution in [0, 0.1) is 19.8 Å². The van der Waals surface area contributed by atoms with E-state index in [0.29, 0.717) is 13.1 Å². The number of hydrogen-bond donors (Lipinski definition) is 1. The topological polar surface area (TPSA) is 61.9 Å². The lowest BCUT2D eigenvalue weighted by molar-refractivity contribution is -0.126. The van der Waals surface area contributed by atoms with Crippen LogP contribution in [0.5, 0.6) is 0 Å². The van der Waals surface area contributed by atoms with Crippen molar-refractivity contribution >= 4 is 11.8 Å². The first kappa shape index (κ1) is 19.8. The van der Waals surface area contributed by atoms with Gasteiger partial charge in [-0.2, -0.15) is 0 Å². The molecule has 0 radical (unpaired) electrons. The van der Waals surface area contributed by atoms with Crippen molar-refractivity contribution in [1.29, 1.82) is 0 Å². The Hall–Kier alpha value is -1.92. The number of aryl methyl sites for hydroxylation is 2. The van der Waals surface area contributed by atoms with Crippen molar-refractivity contribution in [2.24, 2.45) is 5.92 Å². The molecular formula is C21H31N3O3. The van der Waals surface area contributed by atoms with E-state index >= 15 is 0 Å². The molecule has 2 saturated heterocycles. The van der Waals surface area contributed by atoms with E-state index < -0.39 is 0 Å². The fraction of sp³-hybridized carbons (Fsp3) is 0.619. The molecule has 1 atom stereocenters. The van der Waals surface area contributed by atoms with Gasteiger partial charge >= 0.3 is 0 Å². The van der Waals surface area contributed by atoms with Crippen LogP contribution in [0.15, 0.2) is 18.2 Å². The Bertz CT molecular complexity index is 650. The molecule has 148 valence electrons. The largest absolute Gasteiger partial charge is 0.379 e. The van der Waals surface area contributed by atoms with Crippen LogP contribution in [0.25, 0.3) is 0 Å². The number of benzene rings is 1. The van der Waals surface area contributed by atoms with Crippen molar-refractivity contribution in [3.05, 3.63) is 34.9 Å². The second kappa shape index (κ2) is 9.33. The molecule has 0 unspecified atom stereocenters. The smallest absolute Gasteiger partial charge is 0.253 e. The lowest BCUT2D eigenvalue weighted by Crippen LogP contribution is -2.47. The second-order valence-corrected chi connectivity index (χ2v) is 7.71. The zero-order valence-corrected chi connectivity index (χ0v) is 16.5. The minimum Gasteiger partial charge on any atom is -0.379 e. The molecule has 6 heteroatoms. The van der Waals surface area contributed by atoms with Crippen LogP contribution in [-0.4, -0.2) is 74.1 Å². The second-order valence-electron chi connectivity index (χ2n) is 7.71. The summed E-state index contributed by atoms with van der Waals surface area (Å²) in [5, 5.41) is 3.06. The van der Waals surface area contributed by atoms with Gasteiger partial charge in [-0.1, -0.05) is 17.2 Å². The van der Waals surface area contributed by atoms with E-state index in [1.807, 2.05) is 30.9 Å². The summed E-state index contributed by atoms with van der Waals surface area (Å²) in [5.41, 5.74) is 2.90. The number of hydrogen-bond acceptors (Lipinski definition) is 4. The van der Waals surface area contributed by atoms with E-state index in [0.717, 1.165) is 68.9 Å². The minimum absolute atomic E-state index is 0.0348. The molecule has 3 rings (SSSR count). The van der Waals surface area contributed by atoms with Crippen LogP contribution < -0.4 is 5.32 Å². The van der Waals surface area contributed by atoms with E-state index in [9.17, 15) is 9.59 Å². The third-order valence-corrected chi connectivity index (χ3v) is 5.38. The number of amides is 2. The van der Waals surface area contributed by atoms with Gasteiger partial charge in [-0.15, -0.1) is 0 Å². The molecule has 2 aliphatic rings. The Balaban J connectivity index is 1.50. The Kier molecular flexibility index (Phi) is 6.85. The normalized spacial score (nSPS) is 21.1. The van der Waals surface area contributed by atoms with E-state index in [2.05, 4.69) is 16.3 Å². The van der Waals surface area contributed by atoms with Gasteiger partial charge in [-0.25, -0.2) is 0 Å². The lowest BCUT2D eigenvalue weighted by Gasteiger charge is -2.32. The Morgan fingerprint density at radius 1 is 1.11 bits per heavy atom. The molecule has 0 aromatic heterocycles. The molecule has 2 aliphatic heterocycles. The number of carbonyl (C=O) groups excluding carboxylic acids is 2. The van der Waals surface area contributed by atoms with Crippen LogP contribution >= 0.6 is 0 Å². The van der Waals surface area contributed by atoms with Crippen molar-refractivity contribution in [3.8, 4) is 0 Å². The summed E-state index contributed by atoms with van der Waals surface area (Å²) < 4.78 is 5.34. The maximum absolute atomic E-state index is 12.9. The number of nitrogens with zero attached hydrogens (tertiary/aromatic N) is 2. The highest BCUT2D eigenvalue weighted by Gasteiger charge is 2.29. The van der Waals surface area contributed by atoms with Crippen molar-refractivity contribution in [2.75, 3.05) is 52.5 Å². The third kappa shape index (κ3) is 5.53. The molecule has 0 bridgehead atoms. The Morgan fingerprint density at radius 2 is 1.81 bits per heavy atom. The number of likely N-dealkylation sites (tertiary alicyclic amines) is 1. The first-order valence-corrected chi connectivity index (χ1v) is 9.98. The summed E-state index contributed by atoms with van der Waals surface area (Å²) in [7, 11) is 0. The zero-order chi connectivity index (χ0) is 19.2. The van der Waals surface area contributed by atoms with Gasteiger partial charge in [-0.05, 0) is 38.8 Å². The van der Waals surface area contributed by atoms with E-state index in [4.69, 9.17) is 4.74 Å². The van der Waals surface area contributed by atoms with Crippen molar-refractivity contribution < 1.29 is 14.3 Å². The van der Waals surface area contributed by atoms with Crippen LogP contribution in [0.3, 0.4) is 0 Å². The monoisotopic (exact) mass is 373 g/mol. The van der Waals surface area contributed by atoms with Crippen LogP contribution in [-0.2, 0) is 9.53 Å². The fourth-order valence-corrected chi connectivity index (χ4v) is 3.96. The van der Waals surface area contributed by atoms with Crippen LogP contribution in [0.4, 0.5) is 0 Å². The molecule has 6 nitrogen and oxygen atoms in total. The SMILES string of the molecule is Cc1cc(C)cc(C(=O)N2CCC[C@H](C(=O)NCCN3CCOCC3)C2)c1. The van der Waals surface area contributed by atoms with Crippen molar-refractivity contribution in [3.63, 3.8) is 0 Å². The molecule has 2 fully saturated rings. The molecule has 0 saturated carbocycles. The van der Waals surface area contributed by atoms with Crippen molar-refractivity contribution in [2.45, 2.75) is 26.7 Å². The van der Waals surface area contributed by atoms with Gasteiger partial charge in [0.15, 0.2) is 0 Å². The lowest BCUT2D eigenvalue weighted by atomic mass is 9.96. The highest BCUT2D eigenvalue weighted by molar-refractivity contribution is 5.95. The van der Waals surface area contributed by atoms with Crippen molar-refractivity contribution in [1.82, 2.24) is 15.1 Å². The quantitative estimate of drug-likeness (QED) is 0.852. The number of nitrogens with one attached hydrogen (secondary N) is 1. The summed E-state index contributed by atoms with van der Waals surface area (Å²) >= 11 is 0. The summed E-state index contributed by atoms with van der Waals surface area (Å²) in [6, 6.07) is 5.93. The predicted octanol–water partition coefficient (Wildman–Crippen LogP) is 1.60. The molecule has 0 spiro atoms. The molecule has 1 aromatic rings. The molecular weight excluding hydrogens is 342 g/mol. The summed E-state index contributed by atoms with van der Waals surface area (Å²) in [6.45, 7) is 10.1. The predicted molar refractivity (Wildman–Crippen MR) is 105 cm³/mol. The fourth-order valence-electron chi connectivity index (χ4n) is 3.96. The minimum atomic E-state index is -0.113. The van der Waals surface area contributed by atoms with Gasteiger partial charge in [-0.3, -0.25) is 14.5 Å². The van der Waals surface area contributed by atoms with Gasteiger partial charge in [0.1, 0.15) is 0 Å². The average Bonchev–Trinajstić information content (AvgIpc) is 2.67. The number of ether oxygens (including phenoxy) is 1. The molecule has 2 heterocycles. The Morgan fingerprint density at radius 3 is 2.52 bits per heavy atom. The Labute approximate surface area is 161 Å². The van der Waals surface area contributed by atoms with E-state index in [1.165, 1.54) is 0 Å². The van der Waals surface area contributed by atoms with Crippen LogP contribution in [0.2, 0.25) is 0 Å². The summed E-state index contributed by atoms with van der Waals surface area (Å²) in [5.74, 6) is -0.00732. The third-order valence-electron chi connectivity index (χ3n) is 5.38. The highest BCUT2D eigenvalue weighted by Crippen LogP contribution is 2.20. The molecule has 1 aromatic carbocycles. The molecule has 1 N–H and O–H groups in total. The van der Waals surface area contributed by atoms with E-state index in [-0.39, 0.29) is 17.7 Å². The van der Waals surface area contributed by atoms with Gasteiger partial charge in [0, 0.05) is 44.8 Å². The number of rotatable bonds is 5. The zero-order valence-electron chi connectivity index (χ0n) is 16.5. The number of morpholine rings is 1. The van der Waals surface area contributed by atoms with E-state index in [1.54, 1.807) is 0 Å². The maximum Gasteiger partial charge on any atom is 0.253 e. The van der Waals surface area contributed by atoms with Gasteiger partial charge in [0.05, 0.1) is 19.1 Å². The number of piperidine rings is 1. The first-order valence-electron chi connectivity index (χ1n) is 9.98. The molecule has 2 amide bonds. The summed E-state index contributed by atoms with van der Waals surface area (Å²) in [4.78, 5) is 29.6. The maximum atomic E-state index is 12.9. The molecule has 0 aliphatic carbocycles. The molecule has 27 heavy (non-hydrogen) atoms. The average molecular weight is 373 g/mol. The highest BCUT2D eigenvalue weighted by atomic mass is 16.5. The van der Waals surface area contributed by atoms with Gasteiger partial charge in [0.2, 0.25) is 5.91 Å². The summed E-state index contributed by atoms with van der Waals surface area (Å²) in [6.07, 6.45) is 1.72. The number of carbonyl (C=O) groups is 2.